The second-order valence-electron chi connectivity index (χ2n) is 1.69. The molecular formula is C6H13NOY2-2. The number of hydroxylamine groups is 1. The Hall–Kier alpha value is 2.13. The van der Waals surface area contributed by atoms with Crippen molar-refractivity contribution in [3.63, 3.8) is 0 Å². The predicted octanol–water partition coefficient (Wildman–Crippen LogP) is 0.949. The minimum atomic E-state index is 0. The molecule has 0 saturated carbocycles. The first kappa shape index (κ1) is 18.0. The fourth-order valence-electron chi connectivity index (χ4n) is 0.274. The molecule has 56 valence electrons. The zero-order chi connectivity index (χ0) is 6.41. The molecule has 0 amide bonds. The first-order valence-corrected chi connectivity index (χ1v) is 2.76. The topological polar surface area (TPSA) is 21.3 Å². The van der Waals surface area contributed by atoms with E-state index in [1.807, 2.05) is 20.3 Å². The summed E-state index contributed by atoms with van der Waals surface area (Å²) in [5.74, 6) is 0. The van der Waals surface area contributed by atoms with Gasteiger partial charge in [0.2, 0.25) is 0 Å². The maximum atomic E-state index is 4.89. The Balaban J connectivity index is -0.000000245. The molecule has 0 unspecified atom stereocenters. The van der Waals surface area contributed by atoms with Crippen molar-refractivity contribution < 1.29 is 70.3 Å². The van der Waals surface area contributed by atoms with Crippen molar-refractivity contribution in [1.29, 1.82) is 0 Å². The van der Waals surface area contributed by atoms with Crippen LogP contribution in [-0.2, 0) is 70.3 Å². The van der Waals surface area contributed by atoms with Gasteiger partial charge in [-0.1, -0.05) is 6.92 Å². The van der Waals surface area contributed by atoms with Crippen LogP contribution in [0.4, 0.5) is 0 Å². The predicted molar refractivity (Wildman–Crippen MR) is 33.9 cm³/mol. The minimum Gasteiger partial charge on any atom is -0.334 e. The second kappa shape index (κ2) is 13.7. The number of rotatable bonds is 4. The molecule has 0 bridgehead atoms. The van der Waals surface area contributed by atoms with Gasteiger partial charge in [-0.25, -0.2) is 5.48 Å². The van der Waals surface area contributed by atoms with Gasteiger partial charge in [-0.2, -0.15) is 6.92 Å². The van der Waals surface area contributed by atoms with Gasteiger partial charge < -0.3 is 18.2 Å². The van der Waals surface area contributed by atoms with E-state index in [-0.39, 0.29) is 71.5 Å². The van der Waals surface area contributed by atoms with E-state index in [0.29, 0.717) is 0 Å². The number of nitrogens with one attached hydrogen (secondary N) is 1. The number of hydrogen-bond acceptors (Lipinski definition) is 2. The van der Waals surface area contributed by atoms with Gasteiger partial charge in [0, 0.05) is 65.4 Å². The van der Waals surface area contributed by atoms with E-state index in [2.05, 4.69) is 12.4 Å². The first-order valence-electron chi connectivity index (χ1n) is 2.76. The quantitative estimate of drug-likeness (QED) is 0.473. The van der Waals surface area contributed by atoms with Gasteiger partial charge in [0.1, 0.15) is 0 Å². The van der Waals surface area contributed by atoms with Crippen LogP contribution in [0.2, 0.25) is 0 Å². The molecule has 0 aromatic carbocycles. The Bertz CT molecular complexity index is 53.0. The minimum absolute atomic E-state index is 0. The van der Waals surface area contributed by atoms with Gasteiger partial charge in [-0.05, 0) is 6.10 Å². The molecule has 1 N–H and O–H groups in total. The summed E-state index contributed by atoms with van der Waals surface area (Å²) in [7, 11) is 0. The molecular weight excluding hydrogens is 280 g/mol. The third kappa shape index (κ3) is 16.6. The maximum absolute atomic E-state index is 4.89. The summed E-state index contributed by atoms with van der Waals surface area (Å²) < 4.78 is 0. The summed E-state index contributed by atoms with van der Waals surface area (Å²) >= 11 is 0. The molecule has 0 aliphatic rings. The molecule has 0 aliphatic heterocycles. The molecule has 0 fully saturated rings. The van der Waals surface area contributed by atoms with Crippen molar-refractivity contribution in [3.05, 3.63) is 13.3 Å². The van der Waals surface area contributed by atoms with Crippen LogP contribution in [0.25, 0.3) is 0 Å². The summed E-state index contributed by atoms with van der Waals surface area (Å²) in [6.07, 6.45) is 2.00. The monoisotopic (exact) mass is 293 g/mol. The van der Waals surface area contributed by atoms with Crippen molar-refractivity contribution in [2.75, 3.05) is 6.54 Å². The molecule has 0 heterocycles. The Morgan fingerprint density at radius 1 is 1.60 bits per heavy atom. The largest absolute Gasteiger partial charge is 0.334 e. The Kier molecular flexibility index (Phi) is 24.7. The molecule has 0 saturated heterocycles. The fourth-order valence-corrected chi connectivity index (χ4v) is 0.274. The summed E-state index contributed by atoms with van der Waals surface area (Å²) in [6, 6.07) is 0. The van der Waals surface area contributed by atoms with Crippen LogP contribution in [-0.4, -0.2) is 12.6 Å². The van der Waals surface area contributed by atoms with Crippen molar-refractivity contribution in [1.82, 2.24) is 5.48 Å². The van der Waals surface area contributed by atoms with Crippen molar-refractivity contribution >= 4 is 0 Å². The van der Waals surface area contributed by atoms with Crippen LogP contribution in [0.1, 0.15) is 13.8 Å². The third-order valence-electron chi connectivity index (χ3n) is 0.572. The van der Waals surface area contributed by atoms with Crippen LogP contribution < -0.4 is 5.48 Å². The van der Waals surface area contributed by atoms with Crippen LogP contribution in [0.3, 0.4) is 0 Å². The Morgan fingerprint density at radius 3 is 2.40 bits per heavy atom. The molecule has 0 aromatic heterocycles. The van der Waals surface area contributed by atoms with Crippen LogP contribution in [0, 0.1) is 13.3 Å². The van der Waals surface area contributed by atoms with Crippen LogP contribution in [0.5, 0.6) is 0 Å². The smallest absolute Gasteiger partial charge is 0 e. The van der Waals surface area contributed by atoms with E-state index in [0.717, 1.165) is 6.54 Å². The van der Waals surface area contributed by atoms with E-state index < -0.39 is 0 Å². The van der Waals surface area contributed by atoms with Crippen molar-refractivity contribution in [2.45, 2.75) is 20.0 Å². The van der Waals surface area contributed by atoms with Gasteiger partial charge in [0.15, 0.2) is 0 Å². The molecule has 0 aromatic rings. The SMILES string of the molecule is [CH2-][C@H](C)ONC[CH-]C.[Y].[Y]. The van der Waals surface area contributed by atoms with E-state index in [1.54, 1.807) is 0 Å². The molecule has 0 aliphatic carbocycles. The number of hydrogen-bond donors (Lipinski definition) is 1. The average Bonchev–Trinajstić information content (AvgIpc) is 1.66. The maximum Gasteiger partial charge on any atom is 0 e. The molecule has 4 heteroatoms. The van der Waals surface area contributed by atoms with Gasteiger partial charge in [-0.15, -0.1) is 6.54 Å². The van der Waals surface area contributed by atoms with Gasteiger partial charge in [0.25, 0.3) is 0 Å². The normalized spacial score (nSPS) is 11.1. The molecule has 0 spiro atoms. The average molecular weight is 293 g/mol. The standard InChI is InChI=1S/C6H13NO.2Y/c1-4-5-7-8-6(2)3;;/h4,6-7H,2,5H2,1,3H3;;/q-2;;/t6-;;/m1../s1. The zero-order valence-corrected chi connectivity index (χ0v) is 12.3. The van der Waals surface area contributed by atoms with E-state index in [1.165, 1.54) is 0 Å². The summed E-state index contributed by atoms with van der Waals surface area (Å²) in [5.41, 5.74) is 2.72. The van der Waals surface area contributed by atoms with E-state index in [9.17, 15) is 0 Å². The molecule has 1 atom stereocenters. The van der Waals surface area contributed by atoms with Gasteiger partial charge >= 0.3 is 0 Å². The zero-order valence-electron chi connectivity index (χ0n) is 6.63. The summed E-state index contributed by atoms with van der Waals surface area (Å²) in [4.78, 5) is 4.89. The Morgan fingerprint density at radius 2 is 2.10 bits per heavy atom. The molecule has 0 rings (SSSR count). The molecule has 2 nitrogen and oxygen atoms in total. The molecule has 10 heavy (non-hydrogen) atoms. The third-order valence-corrected chi connectivity index (χ3v) is 0.572. The summed E-state index contributed by atoms with van der Waals surface area (Å²) in [6.45, 7) is 8.23. The van der Waals surface area contributed by atoms with Crippen LogP contribution in [0.15, 0.2) is 0 Å². The van der Waals surface area contributed by atoms with Gasteiger partial charge in [-0.3, -0.25) is 0 Å². The summed E-state index contributed by atoms with van der Waals surface area (Å²) in [5, 5.41) is 0. The van der Waals surface area contributed by atoms with Gasteiger partial charge in [0.05, 0.1) is 0 Å². The first-order chi connectivity index (χ1) is 3.77. The molecule has 2 radical (unpaired) electrons. The fraction of sp³-hybridized carbons (Fsp3) is 0.667. The second-order valence-corrected chi connectivity index (χ2v) is 1.69. The van der Waals surface area contributed by atoms with Crippen LogP contribution >= 0.6 is 0 Å². The van der Waals surface area contributed by atoms with E-state index >= 15 is 0 Å². The van der Waals surface area contributed by atoms with Crippen molar-refractivity contribution in [3.8, 4) is 0 Å². The Labute approximate surface area is 114 Å². The van der Waals surface area contributed by atoms with E-state index in [4.69, 9.17) is 4.84 Å². The van der Waals surface area contributed by atoms with Crippen molar-refractivity contribution in [2.24, 2.45) is 0 Å².